The van der Waals surface area contributed by atoms with E-state index in [1.807, 2.05) is 54.1 Å². The number of nitrogens with one attached hydrogen (secondary N) is 2. The number of amides is 1. The lowest BCUT2D eigenvalue weighted by atomic mass is 9.96. The molecule has 1 amide bonds. The molecule has 4 aromatic rings. The van der Waals surface area contributed by atoms with Crippen LogP contribution in [0, 0.1) is 13.8 Å². The molecule has 0 unspecified atom stereocenters. The van der Waals surface area contributed by atoms with Gasteiger partial charge in [0.05, 0.1) is 30.6 Å². The molecule has 0 saturated carbocycles. The van der Waals surface area contributed by atoms with E-state index < -0.39 is 0 Å². The van der Waals surface area contributed by atoms with Gasteiger partial charge in [0, 0.05) is 36.1 Å². The Bertz CT molecular complexity index is 1400. The third kappa shape index (κ3) is 4.77. The molecule has 2 N–H and O–H groups in total. The number of thiocarbonyl (C=S) groups is 1. The molecule has 11 heteroatoms. The van der Waals surface area contributed by atoms with Gasteiger partial charge in [0.1, 0.15) is 18.4 Å². The minimum Gasteiger partial charge on any atom is -0.495 e. The van der Waals surface area contributed by atoms with Gasteiger partial charge in [-0.25, -0.2) is 4.68 Å². The smallest absolute Gasteiger partial charge is 0.226 e. The molecule has 1 aliphatic heterocycles. The molecule has 0 spiro atoms. The lowest BCUT2D eigenvalue weighted by Gasteiger charge is -2.28. The molecule has 5 rings (SSSR count). The fourth-order valence-corrected chi connectivity index (χ4v) is 5.23. The van der Waals surface area contributed by atoms with E-state index in [2.05, 4.69) is 48.4 Å². The Morgan fingerprint density at radius 3 is 2.62 bits per heavy atom. The summed E-state index contributed by atoms with van der Waals surface area (Å²) in [7, 11) is 1.58. The van der Waals surface area contributed by atoms with Gasteiger partial charge in [0.25, 0.3) is 0 Å². The van der Waals surface area contributed by atoms with Gasteiger partial charge in [-0.1, -0.05) is 18.2 Å². The number of benzene rings is 1. The second kappa shape index (κ2) is 10.4. The summed E-state index contributed by atoms with van der Waals surface area (Å²) in [6, 6.07) is 15.0. The summed E-state index contributed by atoms with van der Waals surface area (Å²) in [6.07, 6.45) is 5.35. The molecule has 4 heterocycles. The Labute approximate surface area is 220 Å². The number of hydrogen-bond acceptors (Lipinski definition) is 6. The zero-order valence-corrected chi connectivity index (χ0v) is 21.6. The van der Waals surface area contributed by atoms with Crippen molar-refractivity contribution < 1.29 is 9.53 Å². The summed E-state index contributed by atoms with van der Waals surface area (Å²) in [5, 5.41) is 14.9. The highest BCUT2D eigenvalue weighted by molar-refractivity contribution is 7.80. The van der Waals surface area contributed by atoms with Crippen molar-refractivity contribution in [3.05, 3.63) is 90.0 Å². The van der Waals surface area contributed by atoms with Gasteiger partial charge in [-0.05, 0) is 56.4 Å². The number of nitrogens with zero attached hydrogens (tertiary/aromatic N) is 6. The zero-order valence-electron chi connectivity index (χ0n) is 20.8. The summed E-state index contributed by atoms with van der Waals surface area (Å²) < 4.78 is 9.26. The molecular weight excluding hydrogens is 488 g/mol. The monoisotopic (exact) mass is 516 g/mol. The maximum atomic E-state index is 12.9. The van der Waals surface area contributed by atoms with E-state index in [0.29, 0.717) is 23.1 Å². The fourth-order valence-electron chi connectivity index (χ4n) is 4.90. The maximum Gasteiger partial charge on any atom is 0.226 e. The van der Waals surface area contributed by atoms with Crippen molar-refractivity contribution in [3.8, 4) is 5.75 Å². The first-order chi connectivity index (χ1) is 18.0. The quantitative estimate of drug-likeness (QED) is 0.344. The summed E-state index contributed by atoms with van der Waals surface area (Å²) in [6.45, 7) is 4.53. The second-order valence-corrected chi connectivity index (χ2v) is 9.19. The van der Waals surface area contributed by atoms with E-state index in [-0.39, 0.29) is 24.4 Å². The molecule has 0 aliphatic carbocycles. The predicted molar refractivity (Wildman–Crippen MR) is 143 cm³/mol. The Morgan fingerprint density at radius 1 is 1.14 bits per heavy atom. The first-order valence-corrected chi connectivity index (χ1v) is 12.3. The molecule has 0 bridgehead atoms. The molecule has 1 saturated heterocycles. The number of carbonyl (C=O) groups is 1. The van der Waals surface area contributed by atoms with Crippen LogP contribution in [-0.2, 0) is 4.79 Å². The summed E-state index contributed by atoms with van der Waals surface area (Å²) in [4.78, 5) is 19.6. The number of pyridine rings is 1. The Kier molecular flexibility index (Phi) is 6.87. The van der Waals surface area contributed by atoms with Crippen molar-refractivity contribution in [2.75, 3.05) is 19.0 Å². The van der Waals surface area contributed by atoms with E-state index in [1.165, 1.54) is 0 Å². The lowest BCUT2D eigenvalue weighted by molar-refractivity contribution is -0.116. The molecule has 190 valence electrons. The van der Waals surface area contributed by atoms with Crippen LogP contribution in [0.2, 0.25) is 0 Å². The van der Waals surface area contributed by atoms with E-state index >= 15 is 0 Å². The molecule has 10 nitrogen and oxygen atoms in total. The molecule has 3 aromatic heterocycles. The number of ether oxygens (including phenoxy) is 1. The van der Waals surface area contributed by atoms with Crippen LogP contribution in [0.5, 0.6) is 5.75 Å². The average molecular weight is 517 g/mol. The standard InChI is InChI=1S/C26H28N8O2S/c1-17-14-19(18(2)34(17)32-15-28-29-16-32)25-24(21-9-6-7-12-27-21)31-26(37)33(25)13-11-23(35)30-20-8-4-5-10-22(20)36-3/h4-10,12,14-16,24-25H,11,13H2,1-3H3,(H,30,35)(H,31,37)/t24-,25-/m0/s1. The Balaban J connectivity index is 1.44. The number of anilines is 1. The average Bonchev–Trinajstić information content (AvgIpc) is 3.61. The van der Waals surface area contributed by atoms with Gasteiger partial charge in [-0.3, -0.25) is 14.5 Å². The van der Waals surface area contributed by atoms with Gasteiger partial charge in [0.15, 0.2) is 5.11 Å². The highest BCUT2D eigenvalue weighted by Crippen LogP contribution is 2.41. The van der Waals surface area contributed by atoms with Crippen LogP contribution < -0.4 is 15.4 Å². The van der Waals surface area contributed by atoms with Crippen LogP contribution in [0.3, 0.4) is 0 Å². The third-order valence-corrected chi connectivity index (χ3v) is 6.90. The van der Waals surface area contributed by atoms with Crippen molar-refractivity contribution >= 4 is 28.9 Å². The normalized spacial score (nSPS) is 17.1. The van der Waals surface area contributed by atoms with E-state index in [0.717, 1.165) is 22.6 Å². The summed E-state index contributed by atoms with van der Waals surface area (Å²) in [5.74, 6) is 0.492. The van der Waals surface area contributed by atoms with Crippen molar-refractivity contribution in [2.45, 2.75) is 32.4 Å². The fraction of sp³-hybridized carbons (Fsp3) is 0.269. The van der Waals surface area contributed by atoms with Crippen molar-refractivity contribution in [1.29, 1.82) is 0 Å². The zero-order chi connectivity index (χ0) is 25.9. The molecule has 2 atom stereocenters. The first kappa shape index (κ1) is 24.4. The second-order valence-electron chi connectivity index (χ2n) is 8.80. The van der Waals surface area contributed by atoms with Gasteiger partial charge < -0.3 is 20.3 Å². The van der Waals surface area contributed by atoms with Crippen LogP contribution in [0.15, 0.2) is 67.4 Å². The van der Waals surface area contributed by atoms with Gasteiger partial charge in [0.2, 0.25) is 5.91 Å². The van der Waals surface area contributed by atoms with Gasteiger partial charge in [-0.2, -0.15) is 0 Å². The van der Waals surface area contributed by atoms with Crippen LogP contribution in [0.1, 0.15) is 41.1 Å². The predicted octanol–water partition coefficient (Wildman–Crippen LogP) is 3.41. The minimum atomic E-state index is -0.180. The molecule has 0 radical (unpaired) electrons. The molecule has 37 heavy (non-hydrogen) atoms. The Hall–Kier alpha value is -4.25. The van der Waals surface area contributed by atoms with Crippen LogP contribution in [-0.4, -0.2) is 54.1 Å². The van der Waals surface area contributed by atoms with Crippen LogP contribution in [0.25, 0.3) is 0 Å². The number of aryl methyl sites for hydroxylation is 1. The number of rotatable bonds is 8. The number of para-hydroxylation sites is 2. The number of aromatic nitrogens is 5. The van der Waals surface area contributed by atoms with E-state index in [1.54, 1.807) is 26.0 Å². The lowest BCUT2D eigenvalue weighted by Crippen LogP contribution is -2.33. The molecule has 1 fully saturated rings. The van der Waals surface area contributed by atoms with Crippen LogP contribution >= 0.6 is 12.2 Å². The van der Waals surface area contributed by atoms with Gasteiger partial charge in [-0.15, -0.1) is 10.2 Å². The highest BCUT2D eigenvalue weighted by Gasteiger charge is 2.41. The molecule has 1 aromatic carbocycles. The number of carbonyl (C=O) groups excluding carboxylic acids is 1. The van der Waals surface area contributed by atoms with Crippen molar-refractivity contribution in [2.24, 2.45) is 0 Å². The first-order valence-electron chi connectivity index (χ1n) is 11.9. The van der Waals surface area contributed by atoms with Crippen LogP contribution in [0.4, 0.5) is 5.69 Å². The largest absolute Gasteiger partial charge is 0.495 e. The van der Waals surface area contributed by atoms with Crippen molar-refractivity contribution in [3.63, 3.8) is 0 Å². The SMILES string of the molecule is COc1ccccc1NC(=O)CCN1C(=S)N[C@@H](c2ccccn2)[C@@H]1c1cc(C)n(-n2cnnc2)c1C. The topological polar surface area (TPSA) is 102 Å². The van der Waals surface area contributed by atoms with E-state index in [4.69, 9.17) is 17.0 Å². The maximum absolute atomic E-state index is 12.9. The summed E-state index contributed by atoms with van der Waals surface area (Å²) >= 11 is 5.78. The van der Waals surface area contributed by atoms with Gasteiger partial charge >= 0.3 is 0 Å². The minimum absolute atomic E-state index is 0.123. The third-order valence-electron chi connectivity index (χ3n) is 6.55. The highest BCUT2D eigenvalue weighted by atomic mass is 32.1. The van der Waals surface area contributed by atoms with E-state index in [9.17, 15) is 4.79 Å². The number of methoxy groups -OCH3 is 1. The molecular formula is C26H28N8O2S. The number of hydrogen-bond donors (Lipinski definition) is 2. The van der Waals surface area contributed by atoms with Crippen molar-refractivity contribution in [1.82, 2.24) is 34.8 Å². The molecule has 1 aliphatic rings. The summed E-state index contributed by atoms with van der Waals surface area (Å²) in [5.41, 5.74) is 4.65. The Morgan fingerprint density at radius 2 is 1.89 bits per heavy atom.